The summed E-state index contributed by atoms with van der Waals surface area (Å²) in [6.45, 7) is 1.63. The van der Waals surface area contributed by atoms with Gasteiger partial charge in [-0.25, -0.2) is 4.90 Å². The summed E-state index contributed by atoms with van der Waals surface area (Å²) in [4.78, 5) is 41.3. The SMILES string of the molecule is CC(=NO)c1ccc(N2C(=O)[C@@H]3C4c5ccccc5C([N+](=O)[O-])(c5ccccc54)[C@H]3C2=O)cc1. The maximum Gasteiger partial charge on any atom is 0.285 e. The van der Waals surface area contributed by atoms with Crippen molar-refractivity contribution in [2.75, 3.05) is 4.90 Å². The van der Waals surface area contributed by atoms with Crippen LogP contribution in [0.4, 0.5) is 5.69 Å². The molecule has 3 aliphatic carbocycles. The second kappa shape index (κ2) is 6.84. The maximum atomic E-state index is 13.9. The van der Waals surface area contributed by atoms with Gasteiger partial charge < -0.3 is 5.21 Å². The summed E-state index contributed by atoms with van der Waals surface area (Å²) in [5, 5.41) is 25.1. The van der Waals surface area contributed by atoms with E-state index in [0.29, 0.717) is 28.1 Å². The van der Waals surface area contributed by atoms with Crippen LogP contribution in [0, 0.1) is 22.0 Å². The number of benzene rings is 3. The van der Waals surface area contributed by atoms with Crippen molar-refractivity contribution >= 4 is 23.2 Å². The molecule has 2 atom stereocenters. The molecule has 7 rings (SSSR count). The summed E-state index contributed by atoms with van der Waals surface area (Å²) in [7, 11) is 0. The number of anilines is 1. The van der Waals surface area contributed by atoms with Crippen molar-refractivity contribution in [2.24, 2.45) is 17.0 Å². The second-order valence-electron chi connectivity index (χ2n) is 8.92. The summed E-state index contributed by atoms with van der Waals surface area (Å²) in [6, 6.07) is 20.7. The lowest BCUT2D eigenvalue weighted by atomic mass is 9.51. The number of oxime groups is 1. The lowest BCUT2D eigenvalue weighted by molar-refractivity contribution is -0.578. The van der Waals surface area contributed by atoms with Gasteiger partial charge in [0.1, 0.15) is 5.92 Å². The minimum Gasteiger partial charge on any atom is -0.411 e. The van der Waals surface area contributed by atoms with Crippen molar-refractivity contribution in [3.63, 3.8) is 0 Å². The minimum atomic E-state index is -1.84. The number of carbonyl (C=O) groups is 2. The molecule has 3 aromatic carbocycles. The molecule has 1 heterocycles. The van der Waals surface area contributed by atoms with Crippen molar-refractivity contribution < 1.29 is 19.7 Å². The van der Waals surface area contributed by atoms with Crippen LogP contribution in [0.2, 0.25) is 0 Å². The van der Waals surface area contributed by atoms with Crippen molar-refractivity contribution in [1.29, 1.82) is 0 Å². The predicted octanol–water partition coefficient (Wildman–Crippen LogP) is 3.67. The molecule has 0 radical (unpaired) electrons. The van der Waals surface area contributed by atoms with Gasteiger partial charge >= 0.3 is 0 Å². The van der Waals surface area contributed by atoms with Gasteiger partial charge in [-0.15, -0.1) is 0 Å². The van der Waals surface area contributed by atoms with Crippen molar-refractivity contribution in [1.82, 2.24) is 0 Å². The van der Waals surface area contributed by atoms with Gasteiger partial charge in [0, 0.05) is 22.0 Å². The van der Waals surface area contributed by atoms with Gasteiger partial charge in [-0.1, -0.05) is 65.8 Å². The molecule has 34 heavy (non-hydrogen) atoms. The quantitative estimate of drug-likeness (QED) is 0.214. The molecule has 3 aromatic rings. The molecule has 1 aliphatic heterocycles. The average Bonchev–Trinajstić information content (AvgIpc) is 3.14. The van der Waals surface area contributed by atoms with E-state index in [1.165, 1.54) is 0 Å². The third kappa shape index (κ3) is 2.24. The molecule has 0 saturated carbocycles. The normalized spacial score (nSPS) is 26.8. The van der Waals surface area contributed by atoms with Crippen LogP contribution >= 0.6 is 0 Å². The second-order valence-corrected chi connectivity index (χ2v) is 8.92. The van der Waals surface area contributed by atoms with Gasteiger partial charge in [0.15, 0.2) is 0 Å². The van der Waals surface area contributed by atoms with Gasteiger partial charge in [-0.2, -0.15) is 0 Å². The Labute approximate surface area is 194 Å². The van der Waals surface area contributed by atoms with Gasteiger partial charge in [-0.3, -0.25) is 19.7 Å². The molecule has 8 heteroatoms. The van der Waals surface area contributed by atoms with Crippen LogP contribution in [0.25, 0.3) is 0 Å². The smallest absolute Gasteiger partial charge is 0.285 e. The number of rotatable bonds is 3. The number of nitrogens with zero attached hydrogens (tertiary/aromatic N) is 3. The average molecular weight is 453 g/mol. The zero-order valence-corrected chi connectivity index (χ0v) is 18.1. The Morgan fingerprint density at radius 2 is 1.50 bits per heavy atom. The highest BCUT2D eigenvalue weighted by atomic mass is 16.6. The van der Waals surface area contributed by atoms with Gasteiger partial charge in [0.25, 0.3) is 5.54 Å². The predicted molar refractivity (Wildman–Crippen MR) is 122 cm³/mol. The highest BCUT2D eigenvalue weighted by Crippen LogP contribution is 2.64. The summed E-state index contributed by atoms with van der Waals surface area (Å²) < 4.78 is 0. The van der Waals surface area contributed by atoms with Crippen LogP contribution in [0.15, 0.2) is 78.0 Å². The van der Waals surface area contributed by atoms with E-state index in [4.69, 9.17) is 5.21 Å². The van der Waals surface area contributed by atoms with Crippen molar-refractivity contribution in [3.05, 3.63) is 111 Å². The number of imide groups is 1. The van der Waals surface area contributed by atoms with E-state index in [-0.39, 0.29) is 4.92 Å². The standard InChI is InChI=1S/C26H19N3O5/c1-14(27-32)15-10-12-16(13-11-15)28-24(30)22-21-17-6-2-4-8-19(17)26(29(33)34,23(22)25(28)31)20-9-5-3-7-18(20)21/h2-13,21-23,32H,1H3/t21?,22-,23-,26?/m1/s1. The molecule has 0 aromatic heterocycles. The third-order valence-electron chi connectivity index (χ3n) is 7.55. The van der Waals surface area contributed by atoms with E-state index < -0.39 is 35.1 Å². The number of amides is 2. The first-order chi connectivity index (χ1) is 16.4. The molecule has 0 unspecified atom stereocenters. The lowest BCUT2D eigenvalue weighted by Crippen LogP contribution is -2.57. The fourth-order valence-corrected chi connectivity index (χ4v) is 6.21. The largest absolute Gasteiger partial charge is 0.411 e. The highest BCUT2D eigenvalue weighted by Gasteiger charge is 2.74. The van der Waals surface area contributed by atoms with Crippen LogP contribution < -0.4 is 4.90 Å². The summed E-state index contributed by atoms with van der Waals surface area (Å²) >= 11 is 0. The molecular weight excluding hydrogens is 434 g/mol. The van der Waals surface area contributed by atoms with E-state index in [2.05, 4.69) is 5.16 Å². The first-order valence-corrected chi connectivity index (χ1v) is 10.9. The van der Waals surface area contributed by atoms with Gasteiger partial charge in [-0.05, 0) is 35.7 Å². The first kappa shape index (κ1) is 20.3. The van der Waals surface area contributed by atoms with E-state index in [9.17, 15) is 19.7 Å². The number of hydrogen-bond donors (Lipinski definition) is 1. The molecule has 0 spiro atoms. The molecule has 4 aliphatic rings. The molecule has 1 fully saturated rings. The highest BCUT2D eigenvalue weighted by molar-refractivity contribution is 6.23. The fourth-order valence-electron chi connectivity index (χ4n) is 6.21. The summed E-state index contributed by atoms with van der Waals surface area (Å²) in [6.07, 6.45) is 0. The zero-order chi connectivity index (χ0) is 23.8. The Morgan fingerprint density at radius 3 is 2.03 bits per heavy atom. The molecule has 1 saturated heterocycles. The molecule has 168 valence electrons. The first-order valence-electron chi connectivity index (χ1n) is 10.9. The molecule has 1 N–H and O–H groups in total. The van der Waals surface area contributed by atoms with Crippen LogP contribution in [-0.2, 0) is 15.1 Å². The van der Waals surface area contributed by atoms with Gasteiger partial charge in [0.2, 0.25) is 11.8 Å². The summed E-state index contributed by atoms with van der Waals surface area (Å²) in [5.41, 5.74) is 1.94. The van der Waals surface area contributed by atoms with E-state index in [0.717, 1.165) is 16.0 Å². The van der Waals surface area contributed by atoms with E-state index in [1.54, 1.807) is 55.5 Å². The van der Waals surface area contributed by atoms with E-state index >= 15 is 0 Å². The molecular formula is C26H19N3O5. The Balaban J connectivity index is 1.58. The Hall–Kier alpha value is -4.33. The molecule has 2 bridgehead atoms. The zero-order valence-electron chi connectivity index (χ0n) is 18.1. The van der Waals surface area contributed by atoms with Crippen molar-refractivity contribution in [3.8, 4) is 0 Å². The van der Waals surface area contributed by atoms with Crippen LogP contribution in [-0.4, -0.2) is 27.7 Å². The number of carbonyl (C=O) groups excluding carboxylic acids is 2. The molecule has 2 amide bonds. The van der Waals surface area contributed by atoms with Crippen LogP contribution in [0.5, 0.6) is 0 Å². The monoisotopic (exact) mass is 453 g/mol. The fraction of sp³-hybridized carbons (Fsp3) is 0.192. The van der Waals surface area contributed by atoms with Crippen LogP contribution in [0.1, 0.15) is 40.7 Å². The lowest BCUT2D eigenvalue weighted by Gasteiger charge is -2.48. The topological polar surface area (TPSA) is 113 Å². The van der Waals surface area contributed by atoms with Gasteiger partial charge in [0.05, 0.1) is 17.3 Å². The molecule has 8 nitrogen and oxygen atoms in total. The third-order valence-corrected chi connectivity index (χ3v) is 7.55. The number of hydrogen-bond acceptors (Lipinski definition) is 6. The number of nitro groups is 1. The van der Waals surface area contributed by atoms with Crippen LogP contribution in [0.3, 0.4) is 0 Å². The Morgan fingerprint density at radius 1 is 0.941 bits per heavy atom. The van der Waals surface area contributed by atoms with E-state index in [1.807, 2.05) is 24.3 Å². The Kier molecular flexibility index (Phi) is 4.08. The maximum absolute atomic E-state index is 13.9. The summed E-state index contributed by atoms with van der Waals surface area (Å²) in [5.74, 6) is -3.46. The van der Waals surface area contributed by atoms with Crippen molar-refractivity contribution in [2.45, 2.75) is 18.4 Å². The minimum absolute atomic E-state index is 0.338. The Bertz CT molecular complexity index is 1380.